The molecule has 6 aliphatic rings. The maximum absolute atomic E-state index is 5.16. The molecule has 0 saturated heterocycles. The minimum absolute atomic E-state index is 0.0174. The molecule has 3 heterocycles. The van der Waals surface area contributed by atoms with E-state index < -0.39 is 5.54 Å². The monoisotopic (exact) mass is 609 g/mol. The Balaban J connectivity index is 1.03. The van der Waals surface area contributed by atoms with Crippen molar-refractivity contribution in [3.05, 3.63) is 174 Å². The van der Waals surface area contributed by atoms with Crippen molar-refractivity contribution in [2.45, 2.75) is 30.3 Å². The number of hydrogen-bond acceptors (Lipinski definition) is 5. The molecule has 2 aliphatic heterocycles. The molecule has 0 amide bonds. The van der Waals surface area contributed by atoms with Crippen LogP contribution in [-0.4, -0.2) is 33.6 Å². The van der Waals surface area contributed by atoms with Crippen molar-refractivity contribution in [1.29, 1.82) is 0 Å². The quantitative estimate of drug-likeness (QED) is 0.286. The summed E-state index contributed by atoms with van der Waals surface area (Å²) in [6, 6.07) is 21.7. The lowest BCUT2D eigenvalue weighted by molar-refractivity contribution is 0.105. The van der Waals surface area contributed by atoms with E-state index in [0.29, 0.717) is 11.8 Å². The lowest BCUT2D eigenvalue weighted by Gasteiger charge is -2.49. The Morgan fingerprint density at radius 3 is 2.62 bits per heavy atom. The number of rotatable bonds is 6. The Labute approximate surface area is 275 Å². The number of fused-ring (bicyclic) bond motifs is 3. The van der Waals surface area contributed by atoms with E-state index >= 15 is 0 Å². The van der Waals surface area contributed by atoms with Gasteiger partial charge in [0.15, 0.2) is 0 Å². The summed E-state index contributed by atoms with van der Waals surface area (Å²) in [6.45, 7) is 4.40. The van der Waals surface area contributed by atoms with Gasteiger partial charge in [-0.05, 0) is 68.7 Å². The first-order chi connectivity index (χ1) is 23.2. The summed E-state index contributed by atoms with van der Waals surface area (Å²) in [5, 5.41) is 7.23. The zero-order valence-electron chi connectivity index (χ0n) is 26.1. The fourth-order valence-corrected chi connectivity index (χ4v) is 8.09. The number of pyridine rings is 1. The lowest BCUT2D eigenvalue weighted by atomic mass is 9.60. The summed E-state index contributed by atoms with van der Waals surface area (Å²) in [5.41, 5.74) is 15.6. The van der Waals surface area contributed by atoms with Gasteiger partial charge in [-0.15, -0.1) is 6.58 Å². The number of aliphatic imine (C=N–C) groups is 1. The molecular formula is C42H35N5. The van der Waals surface area contributed by atoms with Crippen LogP contribution in [0.3, 0.4) is 0 Å². The summed E-state index contributed by atoms with van der Waals surface area (Å²) in [5.74, 6) is 0.960. The number of hydrogen-bond donors (Lipinski definition) is 1. The van der Waals surface area contributed by atoms with Crippen LogP contribution < -0.4 is 5.43 Å². The molecule has 9 rings (SSSR count). The van der Waals surface area contributed by atoms with Crippen LogP contribution in [0.4, 0.5) is 0 Å². The summed E-state index contributed by atoms with van der Waals surface area (Å²) in [4.78, 5) is 8.83. The average molecular weight is 610 g/mol. The largest absolute Gasteiger partial charge is 0.269 e. The number of benzene rings is 2. The Bertz CT molecular complexity index is 2050. The first-order valence-electron chi connectivity index (χ1n) is 16.5. The van der Waals surface area contributed by atoms with Crippen LogP contribution in [-0.2, 0) is 0 Å². The summed E-state index contributed by atoms with van der Waals surface area (Å²) in [6.07, 6.45) is 32.0. The minimum atomic E-state index is -0.464. The molecule has 0 radical (unpaired) electrons. The van der Waals surface area contributed by atoms with Crippen molar-refractivity contribution >= 4 is 23.1 Å². The van der Waals surface area contributed by atoms with Gasteiger partial charge < -0.3 is 0 Å². The van der Waals surface area contributed by atoms with Gasteiger partial charge in [-0.3, -0.25) is 9.98 Å². The zero-order valence-corrected chi connectivity index (χ0v) is 26.1. The first-order valence-corrected chi connectivity index (χ1v) is 16.5. The van der Waals surface area contributed by atoms with Gasteiger partial charge in [-0.2, -0.15) is 5.10 Å². The third-order valence-corrected chi connectivity index (χ3v) is 10.5. The highest BCUT2D eigenvalue weighted by Gasteiger charge is 2.50. The highest BCUT2D eigenvalue weighted by atomic mass is 15.8. The molecule has 1 aromatic heterocycles. The standard InChI is InChI=1S/C42H35N5/c1-2-42(47-45-38-20-19-30(25-39(38)46-47)28-15-17-29(18-16-28)31-9-7-23-43-26-31)22-21-37(42)41-35-13-5-3-11-33(35)40(32-10-8-24-44-27-32)34-12-4-6-14-36(34)41/h2-9,11-21,23-27,32-33,39-40,46H,1,10,22H2/t32-,33+,39?,40?,42-/m0/s1. The number of hydrazine groups is 1. The molecule has 1 N–H and O–H groups in total. The number of nitrogens with zero attached hydrogens (tertiary/aromatic N) is 4. The van der Waals surface area contributed by atoms with E-state index in [1.807, 2.05) is 18.5 Å². The topological polar surface area (TPSA) is 52.9 Å². The van der Waals surface area contributed by atoms with Gasteiger partial charge in [0.25, 0.3) is 0 Å². The van der Waals surface area contributed by atoms with Gasteiger partial charge in [-0.1, -0.05) is 109 Å². The normalized spacial score (nSPS) is 28.2. The van der Waals surface area contributed by atoms with Crippen LogP contribution >= 0.6 is 0 Å². The van der Waals surface area contributed by atoms with Crippen LogP contribution in [0.2, 0.25) is 0 Å². The predicted molar refractivity (Wildman–Crippen MR) is 192 cm³/mol. The Hall–Kier alpha value is -5.39. The van der Waals surface area contributed by atoms with Crippen LogP contribution in [0.1, 0.15) is 35.4 Å². The van der Waals surface area contributed by atoms with Crippen molar-refractivity contribution in [3.8, 4) is 11.1 Å². The number of nitrogens with one attached hydrogen (secondary N) is 1. The average Bonchev–Trinajstić information content (AvgIpc) is 3.56. The molecule has 2 aromatic carbocycles. The van der Waals surface area contributed by atoms with Crippen molar-refractivity contribution in [3.63, 3.8) is 0 Å². The zero-order chi connectivity index (χ0) is 31.4. The van der Waals surface area contributed by atoms with Gasteiger partial charge in [0.05, 0.1) is 11.8 Å². The summed E-state index contributed by atoms with van der Waals surface area (Å²) < 4.78 is 0. The number of allylic oxidation sites excluding steroid dienone is 8. The SMILES string of the molecule is C=C[C@]1(N2N=C3C=CC(c4ccc(-c5cccnc5)cc4)=CC3N2)CC=C1C1=C2C=CC=C[C@H]2C([C@@H]2C=NC=CC2)c2ccccc21. The second-order valence-corrected chi connectivity index (χ2v) is 13.0. The molecule has 5 nitrogen and oxygen atoms in total. The van der Waals surface area contributed by atoms with E-state index in [-0.39, 0.29) is 12.0 Å². The van der Waals surface area contributed by atoms with E-state index in [1.54, 1.807) is 6.20 Å². The third-order valence-electron chi connectivity index (χ3n) is 10.5. The van der Waals surface area contributed by atoms with Gasteiger partial charge in [-0.25, -0.2) is 10.5 Å². The molecule has 2 unspecified atom stereocenters. The number of aromatic nitrogens is 1. The third kappa shape index (κ3) is 4.45. The van der Waals surface area contributed by atoms with Crippen LogP contribution in [0.25, 0.3) is 22.3 Å². The maximum atomic E-state index is 5.16. The molecule has 5 atom stereocenters. The molecule has 0 bridgehead atoms. The highest BCUT2D eigenvalue weighted by Crippen LogP contribution is 2.56. The molecule has 3 aromatic rings. The van der Waals surface area contributed by atoms with Crippen LogP contribution in [0.5, 0.6) is 0 Å². The van der Waals surface area contributed by atoms with Gasteiger partial charge in [0, 0.05) is 49.0 Å². The molecule has 47 heavy (non-hydrogen) atoms. The van der Waals surface area contributed by atoms with Crippen molar-refractivity contribution in [1.82, 2.24) is 15.5 Å². The first kappa shape index (κ1) is 27.9. The van der Waals surface area contributed by atoms with E-state index in [1.165, 1.54) is 39.0 Å². The Kier molecular flexibility index (Phi) is 6.61. The van der Waals surface area contributed by atoms with Gasteiger partial charge in [0.2, 0.25) is 0 Å². The Morgan fingerprint density at radius 2 is 1.83 bits per heavy atom. The fourth-order valence-electron chi connectivity index (χ4n) is 8.09. The maximum Gasteiger partial charge on any atom is 0.121 e. The van der Waals surface area contributed by atoms with Gasteiger partial charge in [0.1, 0.15) is 5.54 Å². The predicted octanol–water partition coefficient (Wildman–Crippen LogP) is 8.40. The number of hydrazone groups is 1. The smallest absolute Gasteiger partial charge is 0.121 e. The molecule has 0 saturated carbocycles. The second kappa shape index (κ2) is 11.1. The van der Waals surface area contributed by atoms with E-state index in [2.05, 4.69) is 149 Å². The highest BCUT2D eigenvalue weighted by molar-refractivity contribution is 6.06. The van der Waals surface area contributed by atoms with E-state index in [9.17, 15) is 0 Å². The molecule has 5 heteroatoms. The molecule has 0 fully saturated rings. The van der Waals surface area contributed by atoms with Crippen molar-refractivity contribution in [2.75, 3.05) is 0 Å². The van der Waals surface area contributed by atoms with E-state index in [4.69, 9.17) is 5.10 Å². The van der Waals surface area contributed by atoms with Crippen molar-refractivity contribution in [2.24, 2.45) is 21.9 Å². The fraction of sp³-hybridized carbons (Fsp3) is 0.167. The van der Waals surface area contributed by atoms with Gasteiger partial charge >= 0.3 is 0 Å². The molecular weight excluding hydrogens is 574 g/mol. The van der Waals surface area contributed by atoms with E-state index in [0.717, 1.165) is 29.7 Å². The second-order valence-electron chi connectivity index (χ2n) is 13.0. The summed E-state index contributed by atoms with van der Waals surface area (Å²) >= 11 is 0. The lowest BCUT2D eigenvalue weighted by Crippen LogP contribution is -2.56. The van der Waals surface area contributed by atoms with Crippen molar-refractivity contribution < 1.29 is 0 Å². The molecule has 228 valence electrons. The van der Waals surface area contributed by atoms with Crippen LogP contribution in [0, 0.1) is 11.8 Å². The summed E-state index contributed by atoms with van der Waals surface area (Å²) in [7, 11) is 0. The Morgan fingerprint density at radius 1 is 0.936 bits per heavy atom. The molecule has 0 spiro atoms. The van der Waals surface area contributed by atoms with Crippen LogP contribution in [0.15, 0.2) is 168 Å². The minimum Gasteiger partial charge on any atom is -0.269 e. The molecule has 4 aliphatic carbocycles.